The molecular formula is C23H45NO4P+. The molecule has 1 aliphatic rings. The van der Waals surface area contributed by atoms with Crippen LogP contribution in [0, 0.1) is 5.41 Å². The second-order valence-electron chi connectivity index (χ2n) is 9.10. The number of unbranched alkanes of at least 4 members (excludes halogenated alkanes) is 11. The van der Waals surface area contributed by atoms with Gasteiger partial charge < -0.3 is 0 Å². The number of hydrogen-bond acceptors (Lipinski definition) is 4. The van der Waals surface area contributed by atoms with Gasteiger partial charge >= 0.3 is 8.09 Å². The highest BCUT2D eigenvalue weighted by molar-refractivity contribution is 7.59. The minimum Gasteiger partial charge on any atom is -0.272 e. The fraction of sp³-hybridized carbons (Fsp3) is 0.870. The Kier molecular flexibility index (Phi) is 14.0. The van der Waals surface area contributed by atoms with Crippen molar-refractivity contribution >= 4 is 14.0 Å². The monoisotopic (exact) mass is 430 g/mol. The number of allylic oxidation sites excluding steroid dienone is 2. The van der Waals surface area contributed by atoms with Gasteiger partial charge in [0, 0.05) is 11.8 Å². The molecule has 0 aromatic rings. The van der Waals surface area contributed by atoms with Gasteiger partial charge in [-0.1, -0.05) is 84.3 Å². The van der Waals surface area contributed by atoms with Crippen LogP contribution in [0.2, 0.25) is 0 Å². The van der Waals surface area contributed by atoms with Crippen LogP contribution in [-0.4, -0.2) is 24.0 Å². The second-order valence-corrected chi connectivity index (χ2v) is 10.9. The third-order valence-electron chi connectivity index (χ3n) is 5.19. The number of rotatable bonds is 16. The minimum atomic E-state index is -3.20. The van der Waals surface area contributed by atoms with Crippen LogP contribution in [0.3, 0.4) is 0 Å². The molecule has 1 heterocycles. The summed E-state index contributed by atoms with van der Waals surface area (Å²) in [6.07, 6.45) is 21.1. The first-order chi connectivity index (χ1) is 13.9. The van der Waals surface area contributed by atoms with Crippen LogP contribution in [0.5, 0.6) is 0 Å². The first-order valence-electron chi connectivity index (χ1n) is 11.7. The van der Waals surface area contributed by atoms with Crippen molar-refractivity contribution in [1.29, 1.82) is 0 Å². The number of hydrogen-bond donors (Lipinski definition) is 2. The molecule has 0 aliphatic carbocycles. The van der Waals surface area contributed by atoms with Gasteiger partial charge in [0.2, 0.25) is 0 Å². The zero-order valence-corrected chi connectivity index (χ0v) is 20.0. The maximum Gasteiger partial charge on any atom is 0.528 e. The SMILES string of the molecule is CCCCCCCCC=CCCCCCCCC(=O)N[P+]1(O)OCC(C)(C)CO1. The Morgan fingerprint density at radius 3 is 1.93 bits per heavy atom. The Balaban J connectivity index is 1.90. The van der Waals surface area contributed by atoms with Crippen molar-refractivity contribution in [3.05, 3.63) is 12.2 Å². The molecule has 1 amide bonds. The number of nitrogens with one attached hydrogen (secondary N) is 1. The summed E-state index contributed by atoms with van der Waals surface area (Å²) in [4.78, 5) is 22.2. The van der Waals surface area contributed by atoms with Gasteiger partial charge in [-0.25, -0.2) is 0 Å². The third-order valence-corrected chi connectivity index (χ3v) is 6.68. The van der Waals surface area contributed by atoms with Crippen LogP contribution in [0.1, 0.15) is 111 Å². The van der Waals surface area contributed by atoms with Crippen molar-refractivity contribution in [2.45, 2.75) is 111 Å². The molecule has 0 aromatic carbocycles. The number of carbonyl (C=O) groups excluding carboxylic acids is 1. The average molecular weight is 431 g/mol. The van der Waals surface area contributed by atoms with E-state index in [-0.39, 0.29) is 11.3 Å². The van der Waals surface area contributed by atoms with E-state index in [1.807, 2.05) is 13.8 Å². The lowest BCUT2D eigenvalue weighted by atomic mass is 9.97. The molecule has 0 radical (unpaired) electrons. The number of amides is 1. The molecule has 1 saturated heterocycles. The van der Waals surface area contributed by atoms with E-state index in [0.717, 1.165) is 19.3 Å². The zero-order chi connectivity index (χ0) is 21.4. The van der Waals surface area contributed by atoms with E-state index in [2.05, 4.69) is 24.2 Å². The van der Waals surface area contributed by atoms with E-state index < -0.39 is 8.09 Å². The second kappa shape index (κ2) is 15.3. The summed E-state index contributed by atoms with van der Waals surface area (Å²) in [5.41, 5.74) is -0.125. The van der Waals surface area contributed by atoms with Crippen LogP contribution in [0.15, 0.2) is 12.2 Å². The van der Waals surface area contributed by atoms with Gasteiger partial charge in [-0.05, 0) is 32.1 Å². The van der Waals surface area contributed by atoms with Gasteiger partial charge in [0.1, 0.15) is 13.2 Å². The lowest BCUT2D eigenvalue weighted by Crippen LogP contribution is -2.37. The lowest BCUT2D eigenvalue weighted by Gasteiger charge is -2.30. The molecule has 1 aliphatic heterocycles. The summed E-state index contributed by atoms with van der Waals surface area (Å²) < 4.78 is 10.8. The van der Waals surface area contributed by atoms with E-state index in [9.17, 15) is 9.69 Å². The van der Waals surface area contributed by atoms with Gasteiger partial charge in [-0.3, -0.25) is 4.79 Å². The van der Waals surface area contributed by atoms with Gasteiger partial charge in [-0.15, -0.1) is 5.09 Å². The molecule has 170 valence electrons. The zero-order valence-electron chi connectivity index (χ0n) is 19.1. The van der Waals surface area contributed by atoms with E-state index in [1.54, 1.807) is 0 Å². The van der Waals surface area contributed by atoms with Gasteiger partial charge in [0.05, 0.1) is 0 Å². The summed E-state index contributed by atoms with van der Waals surface area (Å²) in [5, 5.41) is 2.56. The largest absolute Gasteiger partial charge is 0.528 e. The average Bonchev–Trinajstić information content (AvgIpc) is 2.67. The Hall–Kier alpha value is -0.480. The summed E-state index contributed by atoms with van der Waals surface area (Å²) in [6, 6.07) is 0. The molecule has 0 unspecified atom stereocenters. The van der Waals surface area contributed by atoms with Crippen LogP contribution in [0.25, 0.3) is 0 Å². The number of carbonyl (C=O) groups is 1. The van der Waals surface area contributed by atoms with Crippen molar-refractivity contribution in [3.8, 4) is 0 Å². The standard InChI is InChI=1S/C23H44NO4P/c1-4-5-6-7-8-9-10-11-12-13-14-15-16-17-18-19-22(25)24-29(26)27-20-23(2,3)21-28-29/h11-12,26H,4-10,13-21H2,1-3H3/p+1. The van der Waals surface area contributed by atoms with Crippen LogP contribution >= 0.6 is 8.09 Å². The molecule has 0 spiro atoms. The topological polar surface area (TPSA) is 67.8 Å². The Labute approximate surface area is 179 Å². The predicted molar refractivity (Wildman–Crippen MR) is 122 cm³/mol. The highest BCUT2D eigenvalue weighted by Crippen LogP contribution is 2.57. The molecule has 1 rings (SSSR count). The summed E-state index contributed by atoms with van der Waals surface area (Å²) in [6.45, 7) is 7.05. The van der Waals surface area contributed by atoms with Crippen LogP contribution < -0.4 is 5.09 Å². The highest BCUT2D eigenvalue weighted by atomic mass is 31.2. The maximum absolute atomic E-state index is 12.0. The first kappa shape index (κ1) is 26.6. The fourth-order valence-electron chi connectivity index (χ4n) is 3.24. The van der Waals surface area contributed by atoms with Crippen LogP contribution in [0.4, 0.5) is 0 Å². The molecular weight excluding hydrogens is 385 g/mol. The molecule has 0 aromatic heterocycles. The molecule has 0 atom stereocenters. The van der Waals surface area contributed by atoms with E-state index in [1.165, 1.54) is 64.2 Å². The minimum absolute atomic E-state index is 0.125. The third kappa shape index (κ3) is 14.2. The maximum atomic E-state index is 12.0. The van der Waals surface area contributed by atoms with Crippen LogP contribution in [-0.2, 0) is 13.8 Å². The first-order valence-corrected chi connectivity index (χ1v) is 13.3. The summed E-state index contributed by atoms with van der Waals surface area (Å²) >= 11 is 0. The van der Waals surface area contributed by atoms with Crippen molar-refractivity contribution in [3.63, 3.8) is 0 Å². The van der Waals surface area contributed by atoms with Crippen molar-refractivity contribution in [1.82, 2.24) is 5.09 Å². The molecule has 0 saturated carbocycles. The van der Waals surface area contributed by atoms with Crippen molar-refractivity contribution in [2.24, 2.45) is 5.41 Å². The van der Waals surface area contributed by atoms with E-state index in [4.69, 9.17) is 9.05 Å². The molecule has 6 heteroatoms. The van der Waals surface area contributed by atoms with Crippen molar-refractivity contribution < 1.29 is 18.7 Å². The van der Waals surface area contributed by atoms with E-state index in [0.29, 0.717) is 19.6 Å². The smallest absolute Gasteiger partial charge is 0.272 e. The molecule has 5 nitrogen and oxygen atoms in total. The molecule has 1 fully saturated rings. The predicted octanol–water partition coefficient (Wildman–Crippen LogP) is 6.88. The van der Waals surface area contributed by atoms with E-state index >= 15 is 0 Å². The summed E-state index contributed by atoms with van der Waals surface area (Å²) in [5.74, 6) is -0.182. The normalized spacial score (nSPS) is 18.2. The molecule has 0 bridgehead atoms. The van der Waals surface area contributed by atoms with Crippen molar-refractivity contribution in [2.75, 3.05) is 13.2 Å². The molecule has 29 heavy (non-hydrogen) atoms. The Morgan fingerprint density at radius 2 is 1.38 bits per heavy atom. The quantitative estimate of drug-likeness (QED) is 0.159. The van der Waals surface area contributed by atoms with Gasteiger partial charge in [0.25, 0.3) is 5.91 Å². The summed E-state index contributed by atoms with van der Waals surface area (Å²) in [7, 11) is -3.20. The van der Waals surface area contributed by atoms with Gasteiger partial charge in [0.15, 0.2) is 0 Å². The highest BCUT2D eigenvalue weighted by Gasteiger charge is 2.50. The molecule has 2 N–H and O–H groups in total. The van der Waals surface area contributed by atoms with Gasteiger partial charge in [-0.2, -0.15) is 13.9 Å². The fourth-order valence-corrected chi connectivity index (χ4v) is 4.92. The lowest BCUT2D eigenvalue weighted by molar-refractivity contribution is -0.120. The Morgan fingerprint density at radius 1 is 0.897 bits per heavy atom. The Bertz CT molecular complexity index is 458.